The van der Waals surface area contributed by atoms with E-state index in [4.69, 9.17) is 0 Å². The number of nitrogens with one attached hydrogen (secondary N) is 2. The summed E-state index contributed by atoms with van der Waals surface area (Å²) >= 11 is 0. The van der Waals surface area contributed by atoms with Gasteiger partial charge in [-0.2, -0.15) is 0 Å². The number of aromatic nitrogens is 2. The fourth-order valence-electron chi connectivity index (χ4n) is 2.19. The molecule has 2 heterocycles. The largest absolute Gasteiger partial charge is 0.341 e. The Morgan fingerprint density at radius 3 is 3.12 bits per heavy atom. The highest BCUT2D eigenvalue weighted by molar-refractivity contribution is 5.92. The number of aromatic amines is 1. The minimum absolute atomic E-state index is 0.0497. The Morgan fingerprint density at radius 1 is 1.69 bits per heavy atom. The van der Waals surface area contributed by atoms with Gasteiger partial charge in [-0.15, -0.1) is 0 Å². The number of amides is 1. The van der Waals surface area contributed by atoms with Crippen molar-refractivity contribution in [2.24, 2.45) is 0 Å². The average molecular weight is 222 g/mol. The number of rotatable bonds is 3. The van der Waals surface area contributed by atoms with Gasteiger partial charge >= 0.3 is 0 Å². The van der Waals surface area contributed by atoms with Gasteiger partial charge in [0.05, 0.1) is 12.5 Å². The second-order valence-corrected chi connectivity index (χ2v) is 4.06. The van der Waals surface area contributed by atoms with Crippen molar-refractivity contribution >= 4 is 5.91 Å². The van der Waals surface area contributed by atoms with E-state index in [0.717, 1.165) is 32.5 Å². The molecule has 0 spiro atoms. The van der Waals surface area contributed by atoms with Gasteiger partial charge < -0.3 is 15.2 Å². The Kier molecular flexibility index (Phi) is 3.56. The molecular weight excluding hydrogens is 204 g/mol. The van der Waals surface area contributed by atoms with Crippen molar-refractivity contribution in [3.8, 4) is 0 Å². The van der Waals surface area contributed by atoms with Crippen molar-refractivity contribution in [2.75, 3.05) is 19.6 Å². The molecule has 0 aliphatic carbocycles. The molecule has 5 nitrogen and oxygen atoms in total. The van der Waals surface area contributed by atoms with E-state index >= 15 is 0 Å². The summed E-state index contributed by atoms with van der Waals surface area (Å²) in [5, 5.41) is 3.33. The zero-order chi connectivity index (χ0) is 11.4. The molecule has 1 aromatic rings. The summed E-state index contributed by atoms with van der Waals surface area (Å²) in [5.74, 6) is 0.0497. The summed E-state index contributed by atoms with van der Waals surface area (Å²) in [5.41, 5.74) is 0.576. The van der Waals surface area contributed by atoms with E-state index in [1.807, 2.05) is 11.8 Å². The first-order valence-corrected chi connectivity index (χ1v) is 5.83. The van der Waals surface area contributed by atoms with Crippen LogP contribution in [-0.4, -0.2) is 46.5 Å². The van der Waals surface area contributed by atoms with Gasteiger partial charge in [-0.1, -0.05) is 0 Å². The van der Waals surface area contributed by atoms with E-state index in [2.05, 4.69) is 15.3 Å². The summed E-state index contributed by atoms with van der Waals surface area (Å²) in [6, 6.07) is 0.314. The summed E-state index contributed by atoms with van der Waals surface area (Å²) < 4.78 is 0. The molecule has 5 heteroatoms. The van der Waals surface area contributed by atoms with Crippen molar-refractivity contribution in [2.45, 2.75) is 25.8 Å². The molecule has 1 aromatic heterocycles. The second kappa shape index (κ2) is 5.12. The number of carbonyl (C=O) groups is 1. The van der Waals surface area contributed by atoms with Crippen LogP contribution in [0.4, 0.5) is 0 Å². The molecule has 1 amide bonds. The first-order valence-electron chi connectivity index (χ1n) is 5.83. The lowest BCUT2D eigenvalue weighted by Gasteiger charge is -2.33. The van der Waals surface area contributed by atoms with Gasteiger partial charge in [-0.05, 0) is 26.3 Å². The standard InChI is InChI=1S/C11H18N4O/c1-2-15(9-4-3-5-12-6-9)11(16)10-7-13-8-14-10/h7-9,12H,2-6H2,1H3,(H,13,14). The lowest BCUT2D eigenvalue weighted by atomic mass is 10.1. The van der Waals surface area contributed by atoms with E-state index in [1.165, 1.54) is 0 Å². The first kappa shape index (κ1) is 11.1. The lowest BCUT2D eigenvalue weighted by Crippen LogP contribution is -2.48. The highest BCUT2D eigenvalue weighted by Gasteiger charge is 2.25. The van der Waals surface area contributed by atoms with Gasteiger partial charge in [0.15, 0.2) is 0 Å². The molecule has 1 fully saturated rings. The van der Waals surface area contributed by atoms with Gasteiger partial charge in [-0.3, -0.25) is 4.79 Å². The SMILES string of the molecule is CCN(C(=O)c1cnc[nH]1)C1CCCNC1. The maximum Gasteiger partial charge on any atom is 0.272 e. The maximum atomic E-state index is 12.2. The van der Waals surface area contributed by atoms with Crippen molar-refractivity contribution in [1.82, 2.24) is 20.2 Å². The number of carbonyl (C=O) groups excluding carboxylic acids is 1. The summed E-state index contributed by atoms with van der Waals surface area (Å²) in [6.07, 6.45) is 5.35. The number of imidazole rings is 1. The Bertz CT molecular complexity index is 330. The molecule has 2 N–H and O–H groups in total. The monoisotopic (exact) mass is 222 g/mol. The quantitative estimate of drug-likeness (QED) is 0.788. The second-order valence-electron chi connectivity index (χ2n) is 4.06. The Morgan fingerprint density at radius 2 is 2.56 bits per heavy atom. The third kappa shape index (κ3) is 2.24. The van der Waals surface area contributed by atoms with Crippen molar-refractivity contribution < 1.29 is 4.79 Å². The molecule has 1 saturated heterocycles. The van der Waals surface area contributed by atoms with Crippen LogP contribution in [0, 0.1) is 0 Å². The third-order valence-electron chi connectivity index (χ3n) is 3.04. The average Bonchev–Trinajstić information content (AvgIpc) is 2.85. The van der Waals surface area contributed by atoms with Crippen LogP contribution in [0.5, 0.6) is 0 Å². The van der Waals surface area contributed by atoms with Crippen LogP contribution < -0.4 is 5.32 Å². The highest BCUT2D eigenvalue weighted by atomic mass is 16.2. The topological polar surface area (TPSA) is 61.0 Å². The Hall–Kier alpha value is -1.36. The summed E-state index contributed by atoms with van der Waals surface area (Å²) in [4.78, 5) is 20.8. The third-order valence-corrected chi connectivity index (χ3v) is 3.04. The molecule has 1 aliphatic rings. The van der Waals surface area contributed by atoms with Gasteiger partial charge in [0.25, 0.3) is 5.91 Å². The van der Waals surface area contributed by atoms with E-state index in [0.29, 0.717) is 11.7 Å². The molecule has 16 heavy (non-hydrogen) atoms. The molecule has 88 valence electrons. The van der Waals surface area contributed by atoms with E-state index in [1.54, 1.807) is 12.5 Å². The van der Waals surface area contributed by atoms with Crippen LogP contribution in [0.15, 0.2) is 12.5 Å². The van der Waals surface area contributed by atoms with E-state index < -0.39 is 0 Å². The number of hydrogen-bond acceptors (Lipinski definition) is 3. The van der Waals surface area contributed by atoms with Crippen LogP contribution in [0.2, 0.25) is 0 Å². The Labute approximate surface area is 95.2 Å². The normalized spacial score (nSPS) is 20.7. The number of H-pyrrole nitrogens is 1. The highest BCUT2D eigenvalue weighted by Crippen LogP contribution is 2.12. The van der Waals surface area contributed by atoms with E-state index in [9.17, 15) is 4.79 Å². The maximum absolute atomic E-state index is 12.2. The van der Waals surface area contributed by atoms with Gasteiger partial charge in [-0.25, -0.2) is 4.98 Å². The number of likely N-dealkylation sites (N-methyl/N-ethyl adjacent to an activating group) is 1. The van der Waals surface area contributed by atoms with Crippen molar-refractivity contribution in [3.05, 3.63) is 18.2 Å². The molecule has 0 radical (unpaired) electrons. The molecule has 0 saturated carbocycles. The fraction of sp³-hybridized carbons (Fsp3) is 0.636. The van der Waals surface area contributed by atoms with Gasteiger partial charge in [0.2, 0.25) is 0 Å². The van der Waals surface area contributed by atoms with Crippen LogP contribution in [-0.2, 0) is 0 Å². The van der Waals surface area contributed by atoms with Gasteiger partial charge in [0.1, 0.15) is 5.69 Å². The molecule has 0 aromatic carbocycles. The van der Waals surface area contributed by atoms with E-state index in [-0.39, 0.29) is 5.91 Å². The van der Waals surface area contributed by atoms with Crippen molar-refractivity contribution in [3.63, 3.8) is 0 Å². The number of nitrogens with zero attached hydrogens (tertiary/aromatic N) is 2. The smallest absolute Gasteiger partial charge is 0.272 e. The minimum atomic E-state index is 0.0497. The van der Waals surface area contributed by atoms with Crippen LogP contribution in [0.1, 0.15) is 30.3 Å². The zero-order valence-corrected chi connectivity index (χ0v) is 9.57. The molecular formula is C11H18N4O. The molecule has 1 unspecified atom stereocenters. The molecule has 1 atom stereocenters. The molecule has 2 rings (SSSR count). The number of hydrogen-bond donors (Lipinski definition) is 2. The minimum Gasteiger partial charge on any atom is -0.341 e. The summed E-state index contributed by atoms with van der Waals surface area (Å²) in [7, 11) is 0. The lowest BCUT2D eigenvalue weighted by molar-refractivity contribution is 0.0656. The predicted octanol–water partition coefficient (Wildman–Crippen LogP) is 0.624. The predicted molar refractivity (Wildman–Crippen MR) is 61.2 cm³/mol. The fourth-order valence-corrected chi connectivity index (χ4v) is 2.19. The van der Waals surface area contributed by atoms with Crippen LogP contribution in [0.3, 0.4) is 0 Å². The first-order chi connectivity index (χ1) is 7.83. The molecule has 1 aliphatic heterocycles. The van der Waals surface area contributed by atoms with Crippen LogP contribution in [0.25, 0.3) is 0 Å². The zero-order valence-electron chi connectivity index (χ0n) is 9.57. The van der Waals surface area contributed by atoms with Crippen LogP contribution >= 0.6 is 0 Å². The van der Waals surface area contributed by atoms with Crippen molar-refractivity contribution in [1.29, 1.82) is 0 Å². The number of piperidine rings is 1. The molecule has 0 bridgehead atoms. The van der Waals surface area contributed by atoms with Gasteiger partial charge in [0, 0.05) is 19.1 Å². The Balaban J connectivity index is 2.06. The summed E-state index contributed by atoms with van der Waals surface area (Å²) in [6.45, 7) is 4.72.